The van der Waals surface area contributed by atoms with Gasteiger partial charge in [-0.3, -0.25) is 4.79 Å². The van der Waals surface area contributed by atoms with Crippen molar-refractivity contribution >= 4 is 11.4 Å². The molecule has 0 aliphatic heterocycles. The minimum absolute atomic E-state index is 0.251. The van der Waals surface area contributed by atoms with Gasteiger partial charge in [0.15, 0.2) is 5.78 Å². The summed E-state index contributed by atoms with van der Waals surface area (Å²) in [6, 6.07) is 5.55. The van der Waals surface area contributed by atoms with Crippen molar-refractivity contribution in [1.82, 2.24) is 0 Å². The van der Waals surface area contributed by atoms with Crippen LogP contribution < -0.4 is 4.74 Å². The molecule has 1 atom stereocenters. The Morgan fingerprint density at radius 3 is 2.74 bits per heavy atom. The molecule has 0 spiro atoms. The lowest BCUT2D eigenvalue weighted by Gasteiger charge is -2.29. The van der Waals surface area contributed by atoms with Crippen LogP contribution in [0.15, 0.2) is 24.3 Å². The summed E-state index contributed by atoms with van der Waals surface area (Å²) < 4.78 is 5.18. The Morgan fingerprint density at radius 1 is 1.37 bits per heavy atom. The molecule has 1 aliphatic rings. The third-order valence-electron chi connectivity index (χ3n) is 3.68. The fourth-order valence-corrected chi connectivity index (χ4v) is 2.42. The summed E-state index contributed by atoms with van der Waals surface area (Å²) in [6.45, 7) is 3.66. The molecule has 1 aromatic rings. The maximum absolute atomic E-state index is 12.1. The first-order valence-electron chi connectivity index (χ1n) is 6.67. The van der Waals surface area contributed by atoms with Gasteiger partial charge >= 0.3 is 0 Å². The van der Waals surface area contributed by atoms with E-state index < -0.39 is 5.60 Å². The first-order chi connectivity index (χ1) is 9.00. The number of aliphatic hydroxyl groups is 1. The summed E-state index contributed by atoms with van der Waals surface area (Å²) in [4.78, 5) is 12.1. The Hall–Kier alpha value is -1.61. The minimum Gasteiger partial charge on any atom is -0.497 e. The van der Waals surface area contributed by atoms with Crippen molar-refractivity contribution in [2.45, 2.75) is 38.7 Å². The highest BCUT2D eigenvalue weighted by Crippen LogP contribution is 2.39. The van der Waals surface area contributed by atoms with Crippen LogP contribution in [0.5, 0.6) is 5.75 Å². The summed E-state index contributed by atoms with van der Waals surface area (Å²) in [5, 5.41) is 10.4. The van der Waals surface area contributed by atoms with Crippen LogP contribution in [0.3, 0.4) is 0 Å². The number of rotatable bonds is 4. The zero-order chi connectivity index (χ0) is 14.0. The maximum atomic E-state index is 12.1. The summed E-state index contributed by atoms with van der Waals surface area (Å²) >= 11 is 0. The van der Waals surface area contributed by atoms with Crippen LogP contribution in [0, 0.1) is 0 Å². The van der Waals surface area contributed by atoms with Gasteiger partial charge in [0.05, 0.1) is 7.11 Å². The van der Waals surface area contributed by atoms with Crippen LogP contribution in [0.4, 0.5) is 0 Å². The Balaban J connectivity index is 2.52. The van der Waals surface area contributed by atoms with Gasteiger partial charge in [-0.15, -0.1) is 0 Å². The number of fused-ring (bicyclic) bond motifs is 1. The van der Waals surface area contributed by atoms with E-state index in [2.05, 4.69) is 6.92 Å². The van der Waals surface area contributed by atoms with Gasteiger partial charge in [0.1, 0.15) is 11.4 Å². The van der Waals surface area contributed by atoms with Crippen molar-refractivity contribution in [1.29, 1.82) is 0 Å². The van der Waals surface area contributed by atoms with E-state index in [9.17, 15) is 9.90 Å². The molecule has 0 saturated heterocycles. The van der Waals surface area contributed by atoms with E-state index >= 15 is 0 Å². The van der Waals surface area contributed by atoms with E-state index in [1.165, 1.54) is 0 Å². The van der Waals surface area contributed by atoms with Crippen LogP contribution in [0.2, 0.25) is 0 Å². The molecule has 0 aromatic heterocycles. The highest BCUT2D eigenvalue weighted by molar-refractivity contribution is 6.06. The van der Waals surface area contributed by atoms with Crippen LogP contribution >= 0.6 is 0 Å². The highest BCUT2D eigenvalue weighted by atomic mass is 16.5. The lowest BCUT2D eigenvalue weighted by Crippen LogP contribution is -2.34. The van der Waals surface area contributed by atoms with E-state index in [0.29, 0.717) is 11.3 Å². The van der Waals surface area contributed by atoms with E-state index in [-0.39, 0.29) is 5.78 Å². The summed E-state index contributed by atoms with van der Waals surface area (Å²) in [5.74, 6) is 0.405. The number of unbranched alkanes of at least 4 members (excludes halogenated alkanes) is 1. The Morgan fingerprint density at radius 2 is 2.11 bits per heavy atom. The number of benzene rings is 1. The van der Waals surface area contributed by atoms with Crippen molar-refractivity contribution in [2.24, 2.45) is 0 Å². The lowest BCUT2D eigenvalue weighted by molar-refractivity contribution is -0.131. The molecule has 3 heteroatoms. The van der Waals surface area contributed by atoms with Gasteiger partial charge in [0, 0.05) is 5.56 Å². The topological polar surface area (TPSA) is 46.5 Å². The monoisotopic (exact) mass is 260 g/mol. The largest absolute Gasteiger partial charge is 0.497 e. The maximum Gasteiger partial charge on any atom is 0.191 e. The van der Waals surface area contributed by atoms with Gasteiger partial charge in [-0.2, -0.15) is 0 Å². The molecule has 0 amide bonds. The number of ether oxygens (including phenoxy) is 1. The zero-order valence-corrected chi connectivity index (χ0v) is 11.7. The predicted octanol–water partition coefficient (Wildman–Crippen LogP) is 3.06. The van der Waals surface area contributed by atoms with Crippen LogP contribution in [0.1, 0.15) is 44.2 Å². The molecule has 0 saturated carbocycles. The zero-order valence-electron chi connectivity index (χ0n) is 11.7. The number of carbonyl (C=O) groups is 1. The van der Waals surface area contributed by atoms with Crippen molar-refractivity contribution in [3.63, 3.8) is 0 Å². The molecule has 1 unspecified atom stereocenters. The number of hydrogen-bond donors (Lipinski definition) is 1. The second-order valence-corrected chi connectivity index (χ2v) is 5.12. The third-order valence-corrected chi connectivity index (χ3v) is 3.68. The number of allylic oxidation sites excluding steroid dienone is 1. The molecule has 0 bridgehead atoms. The number of ketones is 1. The van der Waals surface area contributed by atoms with Gasteiger partial charge in [0.2, 0.25) is 0 Å². The molecule has 102 valence electrons. The van der Waals surface area contributed by atoms with Gasteiger partial charge in [-0.1, -0.05) is 19.4 Å². The SMILES string of the molecule is CCCCC1=CC(=O)C(C)(O)c2cc(OC)ccc21. The van der Waals surface area contributed by atoms with Gasteiger partial charge < -0.3 is 9.84 Å². The van der Waals surface area contributed by atoms with Crippen LogP contribution in [0.25, 0.3) is 5.57 Å². The van der Waals surface area contributed by atoms with E-state index in [1.807, 2.05) is 12.1 Å². The lowest BCUT2D eigenvalue weighted by atomic mass is 9.78. The van der Waals surface area contributed by atoms with E-state index in [4.69, 9.17) is 4.74 Å². The fourth-order valence-electron chi connectivity index (χ4n) is 2.42. The number of methoxy groups -OCH3 is 1. The van der Waals surface area contributed by atoms with Crippen molar-refractivity contribution in [3.8, 4) is 5.75 Å². The Bertz CT molecular complexity index is 527. The van der Waals surface area contributed by atoms with E-state index in [0.717, 1.165) is 30.4 Å². The van der Waals surface area contributed by atoms with Gasteiger partial charge in [-0.05, 0) is 49.1 Å². The number of carbonyl (C=O) groups excluding carboxylic acids is 1. The molecule has 0 fully saturated rings. The molecular weight excluding hydrogens is 240 g/mol. The predicted molar refractivity (Wildman–Crippen MR) is 75.1 cm³/mol. The molecule has 3 nitrogen and oxygen atoms in total. The van der Waals surface area contributed by atoms with Crippen LogP contribution in [-0.4, -0.2) is 18.0 Å². The second-order valence-electron chi connectivity index (χ2n) is 5.12. The highest BCUT2D eigenvalue weighted by Gasteiger charge is 2.37. The van der Waals surface area contributed by atoms with Crippen LogP contribution in [-0.2, 0) is 10.4 Å². The average Bonchev–Trinajstić information content (AvgIpc) is 2.41. The molecule has 1 aliphatic carbocycles. The minimum atomic E-state index is -1.46. The molecule has 1 aromatic carbocycles. The third kappa shape index (κ3) is 2.43. The number of hydrogen-bond acceptors (Lipinski definition) is 3. The van der Waals surface area contributed by atoms with Gasteiger partial charge in [-0.25, -0.2) is 0 Å². The van der Waals surface area contributed by atoms with Crippen molar-refractivity contribution < 1.29 is 14.6 Å². The van der Waals surface area contributed by atoms with E-state index in [1.54, 1.807) is 26.2 Å². The average molecular weight is 260 g/mol. The first-order valence-corrected chi connectivity index (χ1v) is 6.67. The smallest absolute Gasteiger partial charge is 0.191 e. The van der Waals surface area contributed by atoms with Crippen molar-refractivity contribution in [2.75, 3.05) is 7.11 Å². The molecule has 0 heterocycles. The summed E-state index contributed by atoms with van der Waals surface area (Å²) in [6.07, 6.45) is 4.56. The molecule has 19 heavy (non-hydrogen) atoms. The Kier molecular flexibility index (Phi) is 3.76. The summed E-state index contributed by atoms with van der Waals surface area (Å²) in [5.41, 5.74) is 1.15. The molecule has 1 N–H and O–H groups in total. The van der Waals surface area contributed by atoms with Crippen molar-refractivity contribution in [3.05, 3.63) is 35.4 Å². The second kappa shape index (κ2) is 5.17. The molecule has 0 radical (unpaired) electrons. The quantitative estimate of drug-likeness (QED) is 0.905. The fraction of sp³-hybridized carbons (Fsp3) is 0.438. The standard InChI is InChI=1S/C16H20O3/c1-4-5-6-11-9-15(17)16(2,18)14-10-12(19-3)7-8-13(11)14/h7-10,18H,4-6H2,1-3H3. The molecule has 2 rings (SSSR count). The Labute approximate surface area is 113 Å². The van der Waals surface area contributed by atoms with Gasteiger partial charge in [0.25, 0.3) is 0 Å². The molecular formula is C16H20O3. The first kappa shape index (κ1) is 13.8. The normalized spacial score (nSPS) is 21.9. The summed E-state index contributed by atoms with van der Waals surface area (Å²) in [7, 11) is 1.58.